The monoisotopic (exact) mass is 279 g/mol. The van der Waals surface area contributed by atoms with E-state index in [1.54, 1.807) is 6.07 Å². The number of halogens is 1. The summed E-state index contributed by atoms with van der Waals surface area (Å²) >= 11 is 5.74. The second-order valence-corrected chi connectivity index (χ2v) is 5.55. The van der Waals surface area contributed by atoms with Gasteiger partial charge in [-0.15, -0.1) is 0 Å². The van der Waals surface area contributed by atoms with Crippen molar-refractivity contribution in [2.75, 3.05) is 4.90 Å². The van der Waals surface area contributed by atoms with E-state index >= 15 is 0 Å². The molecule has 3 rings (SSSR count). The first-order chi connectivity index (χ1) is 9.09. The van der Waals surface area contributed by atoms with Gasteiger partial charge in [-0.25, -0.2) is 4.90 Å². The number of amides is 2. The SMILES string of the molecule is O=C1C2CCCCC2C(=O)N1c1ccc(Cl)c(O)c1. The van der Waals surface area contributed by atoms with Crippen LogP contribution >= 0.6 is 11.6 Å². The number of hydrogen-bond donors (Lipinski definition) is 1. The zero-order valence-corrected chi connectivity index (χ0v) is 11.1. The lowest BCUT2D eigenvalue weighted by atomic mass is 9.81. The van der Waals surface area contributed by atoms with Gasteiger partial charge in [-0.1, -0.05) is 24.4 Å². The van der Waals surface area contributed by atoms with Crippen LogP contribution in [0.1, 0.15) is 25.7 Å². The maximum Gasteiger partial charge on any atom is 0.237 e. The van der Waals surface area contributed by atoms with Crippen molar-refractivity contribution < 1.29 is 14.7 Å². The Labute approximate surface area is 116 Å². The fraction of sp³-hybridized carbons (Fsp3) is 0.429. The van der Waals surface area contributed by atoms with Crippen LogP contribution < -0.4 is 4.90 Å². The van der Waals surface area contributed by atoms with Gasteiger partial charge >= 0.3 is 0 Å². The van der Waals surface area contributed by atoms with Crippen molar-refractivity contribution >= 4 is 29.1 Å². The predicted molar refractivity (Wildman–Crippen MR) is 71.1 cm³/mol. The summed E-state index contributed by atoms with van der Waals surface area (Å²) in [5.74, 6) is -0.763. The van der Waals surface area contributed by atoms with Crippen molar-refractivity contribution in [3.05, 3.63) is 23.2 Å². The van der Waals surface area contributed by atoms with Crippen molar-refractivity contribution in [3.63, 3.8) is 0 Å². The molecule has 2 amide bonds. The Kier molecular flexibility index (Phi) is 2.97. The molecule has 1 N–H and O–H groups in total. The van der Waals surface area contributed by atoms with E-state index in [0.29, 0.717) is 5.69 Å². The summed E-state index contributed by atoms with van der Waals surface area (Å²) in [5, 5.41) is 9.82. The number of carbonyl (C=O) groups is 2. The van der Waals surface area contributed by atoms with Crippen molar-refractivity contribution in [1.82, 2.24) is 0 Å². The first-order valence-corrected chi connectivity index (χ1v) is 6.83. The molecule has 1 saturated heterocycles. The Morgan fingerprint density at radius 1 is 1.11 bits per heavy atom. The molecule has 1 aliphatic carbocycles. The van der Waals surface area contributed by atoms with Gasteiger partial charge in [-0.2, -0.15) is 0 Å². The van der Waals surface area contributed by atoms with Crippen molar-refractivity contribution in [1.29, 1.82) is 0 Å². The Bertz CT molecular complexity index is 534. The van der Waals surface area contributed by atoms with Crippen molar-refractivity contribution in [2.24, 2.45) is 11.8 Å². The summed E-state index contributed by atoms with van der Waals surface area (Å²) in [6.07, 6.45) is 3.57. The fourth-order valence-corrected chi connectivity index (χ4v) is 3.17. The Hall–Kier alpha value is -1.55. The average molecular weight is 280 g/mol. The van der Waals surface area contributed by atoms with Gasteiger partial charge in [0, 0.05) is 6.07 Å². The number of hydrogen-bond acceptors (Lipinski definition) is 3. The molecule has 4 nitrogen and oxygen atoms in total. The highest BCUT2D eigenvalue weighted by molar-refractivity contribution is 6.32. The normalized spacial score (nSPS) is 26.7. The van der Waals surface area contributed by atoms with Crippen LogP contribution in [0, 0.1) is 11.8 Å². The van der Waals surface area contributed by atoms with Crippen LogP contribution in [0.25, 0.3) is 0 Å². The lowest BCUT2D eigenvalue weighted by molar-refractivity contribution is -0.122. The summed E-state index contributed by atoms with van der Waals surface area (Å²) in [5.41, 5.74) is 0.409. The van der Waals surface area contributed by atoms with E-state index in [4.69, 9.17) is 11.6 Å². The van der Waals surface area contributed by atoms with Gasteiger partial charge in [-0.3, -0.25) is 9.59 Å². The Morgan fingerprint density at radius 3 is 2.21 bits per heavy atom. The first kappa shape index (κ1) is 12.5. The average Bonchev–Trinajstić information content (AvgIpc) is 2.66. The maximum absolute atomic E-state index is 12.3. The number of imide groups is 1. The summed E-state index contributed by atoms with van der Waals surface area (Å²) in [6.45, 7) is 0. The summed E-state index contributed by atoms with van der Waals surface area (Å²) in [7, 11) is 0. The molecule has 1 aromatic rings. The first-order valence-electron chi connectivity index (χ1n) is 6.46. The molecule has 100 valence electrons. The second kappa shape index (κ2) is 4.53. The van der Waals surface area contributed by atoms with Crippen LogP contribution in [0.5, 0.6) is 5.75 Å². The molecular weight excluding hydrogens is 266 g/mol. The quantitative estimate of drug-likeness (QED) is 0.804. The molecular formula is C14H14ClNO3. The molecule has 0 spiro atoms. The summed E-state index contributed by atoms with van der Waals surface area (Å²) in [4.78, 5) is 25.9. The van der Waals surface area contributed by atoms with Gasteiger partial charge < -0.3 is 5.11 Å². The highest BCUT2D eigenvalue weighted by atomic mass is 35.5. The van der Waals surface area contributed by atoms with E-state index in [1.165, 1.54) is 17.0 Å². The van der Waals surface area contributed by atoms with E-state index in [-0.39, 0.29) is 34.4 Å². The second-order valence-electron chi connectivity index (χ2n) is 5.15. The standard InChI is InChI=1S/C14H14ClNO3/c15-11-6-5-8(7-12(11)17)16-13(18)9-3-1-2-4-10(9)14(16)19/h5-7,9-10,17H,1-4H2. The molecule has 5 heteroatoms. The molecule has 19 heavy (non-hydrogen) atoms. The molecule has 0 bridgehead atoms. The van der Waals surface area contributed by atoms with E-state index in [9.17, 15) is 14.7 Å². The van der Waals surface area contributed by atoms with Gasteiger partial charge in [0.2, 0.25) is 11.8 Å². The van der Waals surface area contributed by atoms with Crippen LogP contribution in [-0.2, 0) is 9.59 Å². The summed E-state index contributed by atoms with van der Waals surface area (Å²) < 4.78 is 0. The highest BCUT2D eigenvalue weighted by Gasteiger charge is 2.48. The van der Waals surface area contributed by atoms with E-state index < -0.39 is 0 Å². The van der Waals surface area contributed by atoms with Gasteiger partial charge in [-0.05, 0) is 25.0 Å². The molecule has 2 unspecified atom stereocenters. The largest absolute Gasteiger partial charge is 0.506 e. The molecule has 1 aliphatic heterocycles. The van der Waals surface area contributed by atoms with E-state index in [0.717, 1.165) is 25.7 Å². The zero-order valence-electron chi connectivity index (χ0n) is 10.3. The van der Waals surface area contributed by atoms with Gasteiger partial charge in [0.25, 0.3) is 0 Å². The number of fused-ring (bicyclic) bond motifs is 1. The van der Waals surface area contributed by atoms with E-state index in [2.05, 4.69) is 0 Å². The minimum Gasteiger partial charge on any atom is -0.506 e. The van der Waals surface area contributed by atoms with Crippen molar-refractivity contribution in [2.45, 2.75) is 25.7 Å². The van der Waals surface area contributed by atoms with Crippen LogP contribution in [0.4, 0.5) is 5.69 Å². The maximum atomic E-state index is 12.3. The third-order valence-electron chi connectivity index (χ3n) is 4.03. The van der Waals surface area contributed by atoms with Crippen LogP contribution in [-0.4, -0.2) is 16.9 Å². The minimum absolute atomic E-state index is 0.116. The molecule has 0 radical (unpaired) electrons. The van der Waals surface area contributed by atoms with Crippen LogP contribution in [0.3, 0.4) is 0 Å². The molecule has 0 aromatic heterocycles. The lowest BCUT2D eigenvalue weighted by Crippen LogP contribution is -2.30. The van der Waals surface area contributed by atoms with Crippen LogP contribution in [0.15, 0.2) is 18.2 Å². The van der Waals surface area contributed by atoms with E-state index in [1.807, 2.05) is 0 Å². The highest BCUT2D eigenvalue weighted by Crippen LogP contribution is 2.41. The number of carbonyl (C=O) groups excluding carboxylic acids is 2. The van der Waals surface area contributed by atoms with Gasteiger partial charge in [0.15, 0.2) is 0 Å². The van der Waals surface area contributed by atoms with Gasteiger partial charge in [0.05, 0.1) is 22.5 Å². The lowest BCUT2D eigenvalue weighted by Gasteiger charge is -2.19. The molecule has 2 aliphatic rings. The molecule has 2 atom stereocenters. The fourth-order valence-electron chi connectivity index (χ4n) is 3.06. The number of nitrogens with zero attached hydrogens (tertiary/aromatic N) is 1. The smallest absolute Gasteiger partial charge is 0.237 e. The topological polar surface area (TPSA) is 57.6 Å². The number of aromatic hydroxyl groups is 1. The molecule has 2 fully saturated rings. The molecule has 1 heterocycles. The number of benzene rings is 1. The zero-order chi connectivity index (χ0) is 13.6. The number of phenolic OH excluding ortho intramolecular Hbond substituents is 1. The number of anilines is 1. The summed E-state index contributed by atoms with van der Waals surface area (Å²) in [6, 6.07) is 4.46. The number of phenols is 1. The molecule has 1 aromatic carbocycles. The number of rotatable bonds is 1. The Balaban J connectivity index is 1.98. The van der Waals surface area contributed by atoms with Crippen molar-refractivity contribution in [3.8, 4) is 5.75 Å². The third kappa shape index (κ3) is 1.91. The molecule has 1 saturated carbocycles. The minimum atomic E-state index is -0.181. The van der Waals surface area contributed by atoms with Crippen LogP contribution in [0.2, 0.25) is 5.02 Å². The van der Waals surface area contributed by atoms with Gasteiger partial charge in [0.1, 0.15) is 5.75 Å². The third-order valence-corrected chi connectivity index (χ3v) is 4.35. The Morgan fingerprint density at radius 2 is 1.68 bits per heavy atom. The predicted octanol–water partition coefficient (Wildman–Crippen LogP) is 2.73.